The molecule has 0 fully saturated rings. The van der Waals surface area contributed by atoms with Gasteiger partial charge in [0.1, 0.15) is 5.15 Å². The number of nitrogens with one attached hydrogen (secondary N) is 2. The van der Waals surface area contributed by atoms with Gasteiger partial charge in [-0.1, -0.05) is 39.3 Å². The van der Waals surface area contributed by atoms with Crippen LogP contribution >= 0.6 is 11.6 Å². The van der Waals surface area contributed by atoms with Gasteiger partial charge in [-0.2, -0.15) is 5.10 Å². The van der Waals surface area contributed by atoms with Crippen LogP contribution in [0.3, 0.4) is 0 Å². The summed E-state index contributed by atoms with van der Waals surface area (Å²) in [4.78, 5) is 16.5. The third-order valence-electron chi connectivity index (χ3n) is 3.13. The third kappa shape index (κ3) is 3.82. The van der Waals surface area contributed by atoms with Crippen LogP contribution in [0.15, 0.2) is 18.2 Å². The van der Waals surface area contributed by atoms with Crippen molar-refractivity contribution in [2.24, 2.45) is 0 Å². The highest BCUT2D eigenvalue weighted by Crippen LogP contribution is 2.19. The van der Waals surface area contributed by atoms with Crippen molar-refractivity contribution in [2.75, 3.05) is 5.32 Å². The Balaban J connectivity index is 2.19. The minimum atomic E-state index is -0.247. The van der Waals surface area contributed by atoms with Crippen molar-refractivity contribution in [3.8, 4) is 0 Å². The lowest BCUT2D eigenvalue weighted by molar-refractivity contribution is 0.102. The summed E-state index contributed by atoms with van der Waals surface area (Å²) in [6, 6.07) is 5.13. The summed E-state index contributed by atoms with van der Waals surface area (Å²) in [5.74, 6) is 0.782. The first-order valence-electron chi connectivity index (χ1n) is 6.91. The fourth-order valence-corrected chi connectivity index (χ4v) is 2.04. The quantitative estimate of drug-likeness (QED) is 0.840. The molecule has 0 bridgehead atoms. The van der Waals surface area contributed by atoms with Crippen LogP contribution in [0.4, 0.5) is 5.82 Å². The van der Waals surface area contributed by atoms with E-state index in [1.807, 2.05) is 19.9 Å². The van der Waals surface area contributed by atoms with Crippen molar-refractivity contribution in [3.05, 3.63) is 40.3 Å². The molecule has 0 spiro atoms. The van der Waals surface area contributed by atoms with Gasteiger partial charge in [-0.15, -0.1) is 0 Å². The molecule has 1 amide bonds. The first-order valence-corrected chi connectivity index (χ1v) is 7.28. The predicted molar refractivity (Wildman–Crippen MR) is 84.0 cm³/mol. The molecule has 0 aliphatic heterocycles. The molecular formula is C15H19ClN4O. The molecule has 2 aromatic rings. The van der Waals surface area contributed by atoms with E-state index < -0.39 is 0 Å². The summed E-state index contributed by atoms with van der Waals surface area (Å²) in [7, 11) is 0. The van der Waals surface area contributed by atoms with Crippen molar-refractivity contribution in [3.63, 3.8) is 0 Å². The maximum atomic E-state index is 12.3. The molecule has 0 unspecified atom stereocenters. The summed E-state index contributed by atoms with van der Waals surface area (Å²) < 4.78 is 0. The average molecular weight is 307 g/mol. The number of aromatic amines is 1. The standard InChI is InChI=1S/C15H19ClN4O/c1-8(2)11-5-10(6-13(16)17-11)15(21)18-14-7-12(9(3)4)19-20-14/h5-9H,1-4H3,(H2,18,19,20,21). The van der Waals surface area contributed by atoms with E-state index in [0.717, 1.165) is 11.4 Å². The van der Waals surface area contributed by atoms with Crippen molar-refractivity contribution < 1.29 is 4.79 Å². The van der Waals surface area contributed by atoms with Crippen LogP contribution in [0.2, 0.25) is 5.15 Å². The second-order valence-electron chi connectivity index (χ2n) is 5.58. The predicted octanol–water partition coefficient (Wildman–Crippen LogP) is 3.96. The smallest absolute Gasteiger partial charge is 0.257 e. The summed E-state index contributed by atoms with van der Waals surface area (Å²) in [6.07, 6.45) is 0. The summed E-state index contributed by atoms with van der Waals surface area (Å²) in [5, 5.41) is 10.1. The number of pyridine rings is 1. The minimum absolute atomic E-state index is 0.202. The highest BCUT2D eigenvalue weighted by molar-refractivity contribution is 6.29. The number of aromatic nitrogens is 3. The fourth-order valence-electron chi connectivity index (χ4n) is 1.83. The Labute approximate surface area is 129 Å². The number of hydrogen-bond donors (Lipinski definition) is 2. The Kier molecular flexibility index (Phi) is 4.63. The van der Waals surface area contributed by atoms with E-state index in [2.05, 4.69) is 34.3 Å². The van der Waals surface area contributed by atoms with Crippen LogP contribution in [0.25, 0.3) is 0 Å². The van der Waals surface area contributed by atoms with Gasteiger partial charge in [0.05, 0.1) is 0 Å². The Hall–Kier alpha value is -1.88. The highest BCUT2D eigenvalue weighted by Gasteiger charge is 2.13. The summed E-state index contributed by atoms with van der Waals surface area (Å²) in [5.41, 5.74) is 2.24. The van der Waals surface area contributed by atoms with E-state index in [0.29, 0.717) is 22.5 Å². The molecular weight excluding hydrogens is 288 g/mol. The van der Waals surface area contributed by atoms with Crippen molar-refractivity contribution >= 4 is 23.3 Å². The molecule has 6 heteroatoms. The molecule has 0 aliphatic carbocycles. The van der Waals surface area contributed by atoms with Crippen LogP contribution in [0.1, 0.15) is 61.3 Å². The largest absolute Gasteiger partial charge is 0.305 e. The van der Waals surface area contributed by atoms with Gasteiger partial charge in [0.2, 0.25) is 0 Å². The van der Waals surface area contributed by atoms with E-state index in [1.54, 1.807) is 12.1 Å². The first kappa shape index (κ1) is 15.5. The van der Waals surface area contributed by atoms with Gasteiger partial charge < -0.3 is 5.32 Å². The van der Waals surface area contributed by atoms with Crippen LogP contribution in [0, 0.1) is 0 Å². The molecule has 2 aromatic heterocycles. The topological polar surface area (TPSA) is 70.7 Å². The maximum Gasteiger partial charge on any atom is 0.257 e. The van der Waals surface area contributed by atoms with Gasteiger partial charge in [-0.3, -0.25) is 9.89 Å². The van der Waals surface area contributed by atoms with Crippen molar-refractivity contribution in [1.29, 1.82) is 0 Å². The molecule has 2 rings (SSSR count). The van der Waals surface area contributed by atoms with Crippen LogP contribution in [-0.4, -0.2) is 21.1 Å². The van der Waals surface area contributed by atoms with Gasteiger partial charge in [0.15, 0.2) is 5.82 Å². The van der Waals surface area contributed by atoms with Gasteiger partial charge in [0.25, 0.3) is 5.91 Å². The number of carbonyl (C=O) groups excluding carboxylic acids is 1. The van der Waals surface area contributed by atoms with E-state index in [4.69, 9.17) is 11.6 Å². The van der Waals surface area contributed by atoms with E-state index in [-0.39, 0.29) is 11.8 Å². The lowest BCUT2D eigenvalue weighted by Crippen LogP contribution is -2.13. The Morgan fingerprint density at radius 2 is 1.90 bits per heavy atom. The molecule has 0 saturated heterocycles. The Bertz CT molecular complexity index is 649. The third-order valence-corrected chi connectivity index (χ3v) is 3.32. The van der Waals surface area contributed by atoms with Crippen molar-refractivity contribution in [1.82, 2.24) is 15.2 Å². The number of anilines is 1. The van der Waals surface area contributed by atoms with Gasteiger partial charge in [-0.05, 0) is 24.0 Å². The number of nitrogens with zero attached hydrogens (tertiary/aromatic N) is 2. The number of carbonyl (C=O) groups is 1. The van der Waals surface area contributed by atoms with E-state index in [1.165, 1.54) is 0 Å². The first-order chi connectivity index (χ1) is 9.86. The highest BCUT2D eigenvalue weighted by atomic mass is 35.5. The van der Waals surface area contributed by atoms with Crippen LogP contribution in [0.5, 0.6) is 0 Å². The fraction of sp³-hybridized carbons (Fsp3) is 0.400. The van der Waals surface area contributed by atoms with Gasteiger partial charge in [0, 0.05) is 23.0 Å². The van der Waals surface area contributed by atoms with Gasteiger partial charge >= 0.3 is 0 Å². The van der Waals surface area contributed by atoms with Gasteiger partial charge in [-0.25, -0.2) is 4.98 Å². The number of hydrogen-bond acceptors (Lipinski definition) is 3. The molecule has 2 heterocycles. The monoisotopic (exact) mass is 306 g/mol. The normalized spacial score (nSPS) is 11.2. The second-order valence-corrected chi connectivity index (χ2v) is 5.96. The number of rotatable bonds is 4. The molecule has 0 aliphatic rings. The van der Waals surface area contributed by atoms with E-state index in [9.17, 15) is 4.79 Å². The maximum absolute atomic E-state index is 12.3. The zero-order valence-corrected chi connectivity index (χ0v) is 13.3. The molecule has 0 aromatic carbocycles. The summed E-state index contributed by atoms with van der Waals surface area (Å²) >= 11 is 5.97. The zero-order valence-electron chi connectivity index (χ0n) is 12.6. The SMILES string of the molecule is CC(C)c1cc(C(=O)Nc2cc(C(C)C)[nH]n2)cc(Cl)n1. The van der Waals surface area contributed by atoms with Crippen molar-refractivity contribution in [2.45, 2.75) is 39.5 Å². The minimum Gasteiger partial charge on any atom is -0.305 e. The molecule has 21 heavy (non-hydrogen) atoms. The zero-order chi connectivity index (χ0) is 15.6. The molecule has 0 radical (unpaired) electrons. The van der Waals surface area contributed by atoms with E-state index >= 15 is 0 Å². The van der Waals surface area contributed by atoms with Crippen LogP contribution < -0.4 is 5.32 Å². The number of halogens is 1. The molecule has 5 nitrogen and oxygen atoms in total. The lowest BCUT2D eigenvalue weighted by Gasteiger charge is -2.08. The Morgan fingerprint density at radius 1 is 1.19 bits per heavy atom. The molecule has 2 N–H and O–H groups in total. The number of amides is 1. The molecule has 0 saturated carbocycles. The summed E-state index contributed by atoms with van der Waals surface area (Å²) in [6.45, 7) is 8.11. The Morgan fingerprint density at radius 3 is 2.48 bits per heavy atom. The average Bonchev–Trinajstić information content (AvgIpc) is 2.86. The molecule has 0 atom stereocenters. The number of H-pyrrole nitrogens is 1. The second kappa shape index (κ2) is 6.26. The lowest BCUT2D eigenvalue weighted by atomic mass is 10.1. The van der Waals surface area contributed by atoms with Crippen LogP contribution in [-0.2, 0) is 0 Å². The molecule has 112 valence electrons.